The monoisotopic (exact) mass is 549 g/mol. The molecule has 1 fully saturated rings. The first-order valence-electron chi connectivity index (χ1n) is 12.0. The summed E-state index contributed by atoms with van der Waals surface area (Å²) in [6.45, 7) is 0.870. The van der Waals surface area contributed by atoms with E-state index in [9.17, 15) is 22.4 Å². The molecule has 39 heavy (non-hydrogen) atoms. The highest BCUT2D eigenvalue weighted by atomic mass is 32.2. The van der Waals surface area contributed by atoms with Gasteiger partial charge in [0.25, 0.3) is 21.8 Å². The molecule has 1 N–H and O–H groups in total. The number of hydrogen-bond acceptors (Lipinski definition) is 7. The van der Waals surface area contributed by atoms with E-state index in [1.54, 1.807) is 29.2 Å². The molecule has 2 aromatic carbocycles. The minimum Gasteiger partial charge on any atom is -0.496 e. The minimum absolute atomic E-state index is 0.0257. The van der Waals surface area contributed by atoms with Crippen molar-refractivity contribution < 1.29 is 27.1 Å². The number of para-hydroxylation sites is 1. The molecule has 200 valence electrons. The Labute approximate surface area is 224 Å². The number of methoxy groups -OCH3 is 1. The summed E-state index contributed by atoms with van der Waals surface area (Å²) in [5.41, 5.74) is 0.540. The number of fused-ring (bicyclic) bond motifs is 1. The van der Waals surface area contributed by atoms with Crippen molar-refractivity contribution in [1.82, 2.24) is 19.8 Å². The summed E-state index contributed by atoms with van der Waals surface area (Å²) in [6, 6.07) is 15.4. The summed E-state index contributed by atoms with van der Waals surface area (Å²) in [5, 5.41) is 0.686. The van der Waals surface area contributed by atoms with Crippen LogP contribution in [0.3, 0.4) is 0 Å². The lowest BCUT2D eigenvalue weighted by atomic mass is 10.1. The number of benzene rings is 2. The molecule has 1 saturated heterocycles. The average Bonchev–Trinajstić information content (AvgIpc) is 2.96. The summed E-state index contributed by atoms with van der Waals surface area (Å²) < 4.78 is 48.2. The number of carbonyl (C=O) groups is 2. The van der Waals surface area contributed by atoms with Crippen LogP contribution in [-0.4, -0.2) is 73.3 Å². The van der Waals surface area contributed by atoms with Crippen molar-refractivity contribution in [2.45, 2.75) is 4.90 Å². The number of rotatable bonds is 6. The van der Waals surface area contributed by atoms with E-state index in [2.05, 4.69) is 14.7 Å². The van der Waals surface area contributed by atoms with E-state index in [4.69, 9.17) is 4.74 Å². The number of anilines is 1. The Morgan fingerprint density at radius 3 is 2.28 bits per heavy atom. The van der Waals surface area contributed by atoms with E-state index in [1.165, 1.54) is 60.8 Å². The zero-order chi connectivity index (χ0) is 27.6. The van der Waals surface area contributed by atoms with Gasteiger partial charge in [-0.05, 0) is 36.4 Å². The SMILES string of the molecule is COc1cc(NS(=O)(=O)c2cccc3cccnc23)ccc1C(=O)N1CCN(C(=O)c2ncccc2F)CC1. The van der Waals surface area contributed by atoms with Crippen LogP contribution in [0, 0.1) is 5.82 Å². The molecule has 1 aliphatic heterocycles. The van der Waals surface area contributed by atoms with Gasteiger partial charge in [-0.3, -0.25) is 19.3 Å². The molecule has 5 rings (SSSR count). The fraction of sp³-hybridized carbons (Fsp3) is 0.185. The van der Waals surface area contributed by atoms with Crippen LogP contribution >= 0.6 is 0 Å². The lowest BCUT2D eigenvalue weighted by Gasteiger charge is -2.34. The maximum atomic E-state index is 14.0. The summed E-state index contributed by atoms with van der Waals surface area (Å²) >= 11 is 0. The molecule has 0 bridgehead atoms. The predicted octanol–water partition coefficient (Wildman–Crippen LogP) is 3.18. The molecule has 3 heterocycles. The number of sulfonamides is 1. The van der Waals surface area contributed by atoms with Gasteiger partial charge in [0.1, 0.15) is 10.6 Å². The summed E-state index contributed by atoms with van der Waals surface area (Å²) in [5.74, 6) is -1.38. The third-order valence-corrected chi connectivity index (χ3v) is 7.80. The fourth-order valence-corrected chi connectivity index (χ4v) is 5.64. The number of nitrogens with one attached hydrogen (secondary N) is 1. The summed E-state index contributed by atoms with van der Waals surface area (Å²) in [6.07, 6.45) is 2.88. The average molecular weight is 550 g/mol. The highest BCUT2D eigenvalue weighted by Crippen LogP contribution is 2.28. The Balaban J connectivity index is 1.30. The Morgan fingerprint density at radius 2 is 1.56 bits per heavy atom. The first kappa shape index (κ1) is 26.0. The Bertz CT molecular complexity index is 1670. The van der Waals surface area contributed by atoms with Crippen molar-refractivity contribution in [3.05, 3.63) is 90.1 Å². The Hall–Kier alpha value is -4.58. The highest BCUT2D eigenvalue weighted by molar-refractivity contribution is 7.93. The molecule has 12 heteroatoms. The maximum absolute atomic E-state index is 14.0. The number of carbonyl (C=O) groups excluding carboxylic acids is 2. The number of piperazine rings is 1. The normalized spacial score (nSPS) is 13.8. The Morgan fingerprint density at radius 1 is 0.897 bits per heavy atom. The second-order valence-electron chi connectivity index (χ2n) is 8.77. The van der Waals surface area contributed by atoms with E-state index in [0.717, 1.165) is 0 Å². The van der Waals surface area contributed by atoms with E-state index in [-0.39, 0.29) is 59.7 Å². The zero-order valence-corrected chi connectivity index (χ0v) is 21.7. The predicted molar refractivity (Wildman–Crippen MR) is 142 cm³/mol. The van der Waals surface area contributed by atoms with Gasteiger partial charge in [0.15, 0.2) is 11.5 Å². The van der Waals surface area contributed by atoms with Gasteiger partial charge in [-0.1, -0.05) is 18.2 Å². The molecule has 0 radical (unpaired) electrons. The molecular weight excluding hydrogens is 525 g/mol. The van der Waals surface area contributed by atoms with Gasteiger partial charge < -0.3 is 14.5 Å². The summed E-state index contributed by atoms with van der Waals surface area (Å²) in [4.78, 5) is 37.0. The van der Waals surface area contributed by atoms with Gasteiger partial charge in [-0.25, -0.2) is 17.8 Å². The molecule has 10 nitrogen and oxygen atoms in total. The lowest BCUT2D eigenvalue weighted by Crippen LogP contribution is -2.50. The third-order valence-electron chi connectivity index (χ3n) is 6.38. The molecule has 4 aromatic rings. The van der Waals surface area contributed by atoms with Crippen molar-refractivity contribution in [2.24, 2.45) is 0 Å². The highest BCUT2D eigenvalue weighted by Gasteiger charge is 2.29. The molecule has 0 saturated carbocycles. The third kappa shape index (κ3) is 5.23. The van der Waals surface area contributed by atoms with Crippen LogP contribution in [0.25, 0.3) is 10.9 Å². The van der Waals surface area contributed by atoms with E-state index >= 15 is 0 Å². The maximum Gasteiger partial charge on any atom is 0.275 e. The number of nitrogens with zero attached hydrogens (tertiary/aromatic N) is 4. The van der Waals surface area contributed by atoms with Crippen LogP contribution < -0.4 is 9.46 Å². The van der Waals surface area contributed by atoms with Gasteiger partial charge >= 0.3 is 0 Å². The molecule has 0 atom stereocenters. The van der Waals surface area contributed by atoms with Crippen molar-refractivity contribution >= 4 is 38.4 Å². The summed E-state index contributed by atoms with van der Waals surface area (Å²) in [7, 11) is -2.61. The molecule has 0 spiro atoms. The van der Waals surface area contributed by atoms with Gasteiger partial charge in [0, 0.05) is 50.0 Å². The topological polar surface area (TPSA) is 122 Å². The fourth-order valence-electron chi connectivity index (χ4n) is 4.41. The molecule has 0 unspecified atom stereocenters. The van der Waals surface area contributed by atoms with Crippen LogP contribution in [0.2, 0.25) is 0 Å². The smallest absolute Gasteiger partial charge is 0.275 e. The molecule has 2 amide bonds. The number of ether oxygens (including phenoxy) is 1. The van der Waals surface area contributed by atoms with Crippen molar-refractivity contribution in [3.8, 4) is 5.75 Å². The van der Waals surface area contributed by atoms with Crippen LogP contribution in [0.1, 0.15) is 20.8 Å². The second kappa shape index (κ2) is 10.7. The number of halogens is 1. The molecule has 1 aliphatic rings. The second-order valence-corrected chi connectivity index (χ2v) is 10.4. The van der Waals surface area contributed by atoms with Crippen LogP contribution in [0.5, 0.6) is 5.75 Å². The molecular formula is C27H24FN5O5S. The first-order chi connectivity index (χ1) is 18.8. The largest absolute Gasteiger partial charge is 0.496 e. The van der Waals surface area contributed by atoms with Crippen LogP contribution in [0.4, 0.5) is 10.1 Å². The first-order valence-corrected chi connectivity index (χ1v) is 13.5. The number of aromatic nitrogens is 2. The lowest BCUT2D eigenvalue weighted by molar-refractivity contribution is 0.0527. The number of pyridine rings is 2. The van der Waals surface area contributed by atoms with Gasteiger partial charge in [-0.2, -0.15) is 0 Å². The van der Waals surface area contributed by atoms with Crippen molar-refractivity contribution in [1.29, 1.82) is 0 Å². The van der Waals surface area contributed by atoms with Crippen LogP contribution in [0.15, 0.2) is 78.0 Å². The van der Waals surface area contributed by atoms with Crippen LogP contribution in [-0.2, 0) is 10.0 Å². The molecule has 0 aliphatic carbocycles. The molecule has 2 aromatic heterocycles. The zero-order valence-electron chi connectivity index (χ0n) is 20.9. The Kier molecular flexibility index (Phi) is 7.11. The minimum atomic E-state index is -3.99. The van der Waals surface area contributed by atoms with Gasteiger partial charge in [-0.15, -0.1) is 0 Å². The van der Waals surface area contributed by atoms with E-state index in [1.807, 2.05) is 0 Å². The number of hydrogen-bond donors (Lipinski definition) is 1. The van der Waals surface area contributed by atoms with Gasteiger partial charge in [0.05, 0.1) is 23.9 Å². The van der Waals surface area contributed by atoms with Crippen molar-refractivity contribution in [3.63, 3.8) is 0 Å². The van der Waals surface area contributed by atoms with E-state index < -0.39 is 21.7 Å². The van der Waals surface area contributed by atoms with Crippen molar-refractivity contribution in [2.75, 3.05) is 38.0 Å². The standard InChI is InChI=1S/C27H24FN5O5S/c1-38-22-17-19(31-39(36,37)23-8-2-5-18-6-3-11-29-24(18)23)9-10-20(22)26(34)32-13-15-33(16-14-32)27(35)25-21(28)7-4-12-30-25/h2-12,17,31H,13-16H2,1H3. The van der Waals surface area contributed by atoms with E-state index in [0.29, 0.717) is 10.9 Å². The van der Waals surface area contributed by atoms with Gasteiger partial charge in [0.2, 0.25) is 0 Å². The number of amides is 2. The quantitative estimate of drug-likeness (QED) is 0.392.